The highest BCUT2D eigenvalue weighted by atomic mass is 19.1. The van der Waals surface area contributed by atoms with Crippen molar-refractivity contribution in [3.8, 4) is 0 Å². The molecule has 3 N–H and O–H groups in total. The van der Waals surface area contributed by atoms with Gasteiger partial charge in [0.1, 0.15) is 5.82 Å². The van der Waals surface area contributed by atoms with Gasteiger partial charge in [0.2, 0.25) is 5.91 Å². The smallest absolute Gasteiger partial charge is 0.231 e. The lowest BCUT2D eigenvalue weighted by molar-refractivity contribution is -0.117. The molecule has 0 bridgehead atoms. The molecular weight excluding hydrogens is 183 g/mol. The summed E-state index contributed by atoms with van der Waals surface area (Å²) in [6, 6.07) is 4.56. The third-order valence-electron chi connectivity index (χ3n) is 1.93. The Hall–Kier alpha value is -1.42. The van der Waals surface area contributed by atoms with Crippen LogP contribution in [0.3, 0.4) is 0 Å². The zero-order valence-corrected chi connectivity index (χ0v) is 8.01. The van der Waals surface area contributed by atoms with Crippen LogP contribution in [0.2, 0.25) is 0 Å². The topological polar surface area (TPSA) is 55.1 Å². The molecule has 4 heteroatoms. The zero-order chi connectivity index (χ0) is 10.6. The van der Waals surface area contributed by atoms with Crippen molar-refractivity contribution in [1.29, 1.82) is 0 Å². The van der Waals surface area contributed by atoms with Crippen molar-refractivity contribution < 1.29 is 9.18 Å². The second kappa shape index (κ2) is 4.72. The number of halogens is 1. The molecule has 0 aliphatic carbocycles. The Bertz CT molecular complexity index is 339. The van der Waals surface area contributed by atoms with Gasteiger partial charge in [0.15, 0.2) is 0 Å². The fourth-order valence-corrected chi connectivity index (χ4v) is 1.15. The quantitative estimate of drug-likeness (QED) is 0.745. The van der Waals surface area contributed by atoms with Crippen LogP contribution in [0.25, 0.3) is 0 Å². The number of benzene rings is 1. The molecule has 0 heterocycles. The molecule has 0 saturated heterocycles. The van der Waals surface area contributed by atoms with Crippen LogP contribution in [-0.2, 0) is 11.3 Å². The van der Waals surface area contributed by atoms with Gasteiger partial charge in [-0.05, 0) is 30.2 Å². The van der Waals surface area contributed by atoms with Gasteiger partial charge in [-0.15, -0.1) is 0 Å². The van der Waals surface area contributed by atoms with Crippen molar-refractivity contribution in [3.63, 3.8) is 0 Å². The molecule has 0 fully saturated rings. The summed E-state index contributed by atoms with van der Waals surface area (Å²) in [6.07, 6.45) is 0. The molecule has 0 aromatic heterocycles. The van der Waals surface area contributed by atoms with E-state index >= 15 is 0 Å². The standard InChI is InChI=1S/C10H13FN2O/c1-7-2-3-9(11)4-8(7)5-13-6-10(12)14/h2-4,13H,5-6H2,1H3,(H2,12,14). The lowest BCUT2D eigenvalue weighted by Gasteiger charge is -2.06. The van der Waals surface area contributed by atoms with Crippen LogP contribution in [0.15, 0.2) is 18.2 Å². The molecule has 0 saturated carbocycles. The summed E-state index contributed by atoms with van der Waals surface area (Å²) in [5.74, 6) is -0.689. The lowest BCUT2D eigenvalue weighted by Crippen LogP contribution is -2.28. The van der Waals surface area contributed by atoms with Crippen LogP contribution in [0, 0.1) is 12.7 Å². The number of primary amides is 1. The SMILES string of the molecule is Cc1ccc(F)cc1CNCC(N)=O. The van der Waals surface area contributed by atoms with Crippen molar-refractivity contribution in [2.45, 2.75) is 13.5 Å². The molecule has 0 atom stereocenters. The maximum atomic E-state index is 12.8. The van der Waals surface area contributed by atoms with E-state index in [1.807, 2.05) is 6.92 Å². The first-order valence-electron chi connectivity index (χ1n) is 4.33. The molecule has 1 aromatic carbocycles. The van der Waals surface area contributed by atoms with E-state index in [1.165, 1.54) is 12.1 Å². The average Bonchev–Trinajstić information content (AvgIpc) is 2.10. The summed E-state index contributed by atoms with van der Waals surface area (Å²) < 4.78 is 12.8. The molecule has 14 heavy (non-hydrogen) atoms. The van der Waals surface area contributed by atoms with Gasteiger partial charge in [0, 0.05) is 6.54 Å². The largest absolute Gasteiger partial charge is 0.369 e. The Labute approximate surface area is 82.1 Å². The maximum Gasteiger partial charge on any atom is 0.231 e. The van der Waals surface area contributed by atoms with E-state index in [9.17, 15) is 9.18 Å². The minimum absolute atomic E-state index is 0.107. The second-order valence-electron chi connectivity index (χ2n) is 3.14. The first-order chi connectivity index (χ1) is 6.59. The Kier molecular flexibility index (Phi) is 3.59. The summed E-state index contributed by atoms with van der Waals surface area (Å²) in [5.41, 5.74) is 6.78. The minimum atomic E-state index is -0.418. The molecule has 0 radical (unpaired) electrons. The van der Waals surface area contributed by atoms with Gasteiger partial charge in [-0.25, -0.2) is 4.39 Å². The first kappa shape index (κ1) is 10.7. The fourth-order valence-electron chi connectivity index (χ4n) is 1.15. The minimum Gasteiger partial charge on any atom is -0.369 e. The van der Waals surface area contributed by atoms with Gasteiger partial charge >= 0.3 is 0 Å². The molecule has 0 aliphatic heterocycles. The van der Waals surface area contributed by atoms with E-state index < -0.39 is 5.91 Å². The molecule has 3 nitrogen and oxygen atoms in total. The highest BCUT2D eigenvalue weighted by Gasteiger charge is 2.00. The lowest BCUT2D eigenvalue weighted by atomic mass is 10.1. The number of carbonyl (C=O) groups is 1. The molecule has 0 spiro atoms. The maximum absolute atomic E-state index is 12.8. The summed E-state index contributed by atoms with van der Waals surface area (Å²) in [7, 11) is 0. The summed E-state index contributed by atoms with van der Waals surface area (Å²) in [5, 5.41) is 2.83. The van der Waals surface area contributed by atoms with Crippen molar-refractivity contribution >= 4 is 5.91 Å². The van der Waals surface area contributed by atoms with E-state index in [0.29, 0.717) is 6.54 Å². The van der Waals surface area contributed by atoms with Crippen LogP contribution in [0.5, 0.6) is 0 Å². The van der Waals surface area contributed by atoms with Crippen molar-refractivity contribution in [3.05, 3.63) is 35.1 Å². The molecule has 1 rings (SSSR count). The number of nitrogens with one attached hydrogen (secondary N) is 1. The molecule has 1 amide bonds. The van der Waals surface area contributed by atoms with Gasteiger partial charge in [-0.2, -0.15) is 0 Å². The normalized spacial score (nSPS) is 10.1. The monoisotopic (exact) mass is 196 g/mol. The predicted molar refractivity (Wildman–Crippen MR) is 52.0 cm³/mol. The third-order valence-corrected chi connectivity index (χ3v) is 1.93. The number of hydrogen-bond acceptors (Lipinski definition) is 2. The van der Waals surface area contributed by atoms with Gasteiger partial charge in [0.25, 0.3) is 0 Å². The first-order valence-corrected chi connectivity index (χ1v) is 4.33. The number of carbonyl (C=O) groups excluding carboxylic acids is 1. The van der Waals surface area contributed by atoms with Crippen molar-refractivity contribution in [1.82, 2.24) is 5.32 Å². The van der Waals surface area contributed by atoms with E-state index in [0.717, 1.165) is 11.1 Å². The Morgan fingerprint density at radius 2 is 2.29 bits per heavy atom. The van der Waals surface area contributed by atoms with Gasteiger partial charge in [-0.1, -0.05) is 6.07 Å². The Morgan fingerprint density at radius 3 is 2.93 bits per heavy atom. The van der Waals surface area contributed by atoms with E-state index in [-0.39, 0.29) is 12.4 Å². The number of aryl methyl sites for hydroxylation is 1. The zero-order valence-electron chi connectivity index (χ0n) is 8.01. The third kappa shape index (κ3) is 3.14. The summed E-state index contributed by atoms with van der Waals surface area (Å²) in [4.78, 5) is 10.4. The van der Waals surface area contributed by atoms with E-state index in [4.69, 9.17) is 5.73 Å². The van der Waals surface area contributed by atoms with Gasteiger partial charge in [-0.3, -0.25) is 4.79 Å². The molecular formula is C10H13FN2O. The van der Waals surface area contributed by atoms with Gasteiger partial charge in [0.05, 0.1) is 6.54 Å². The summed E-state index contributed by atoms with van der Waals surface area (Å²) >= 11 is 0. The number of nitrogens with two attached hydrogens (primary N) is 1. The second-order valence-corrected chi connectivity index (χ2v) is 3.14. The Morgan fingerprint density at radius 1 is 1.57 bits per heavy atom. The fraction of sp³-hybridized carbons (Fsp3) is 0.300. The molecule has 0 unspecified atom stereocenters. The number of rotatable bonds is 4. The highest BCUT2D eigenvalue weighted by Crippen LogP contribution is 2.09. The number of hydrogen-bond donors (Lipinski definition) is 2. The highest BCUT2D eigenvalue weighted by molar-refractivity contribution is 5.75. The molecule has 0 aliphatic rings. The molecule has 76 valence electrons. The summed E-state index contributed by atoms with van der Waals surface area (Å²) in [6.45, 7) is 2.45. The number of amides is 1. The van der Waals surface area contributed by atoms with Gasteiger partial charge < -0.3 is 11.1 Å². The predicted octanol–water partition coefficient (Wildman–Crippen LogP) is 0.709. The average molecular weight is 196 g/mol. The van der Waals surface area contributed by atoms with Crippen LogP contribution in [0.1, 0.15) is 11.1 Å². The Balaban J connectivity index is 2.57. The van der Waals surface area contributed by atoms with E-state index in [2.05, 4.69) is 5.32 Å². The van der Waals surface area contributed by atoms with Crippen LogP contribution in [0.4, 0.5) is 4.39 Å². The molecule has 1 aromatic rings. The van der Waals surface area contributed by atoms with Crippen LogP contribution >= 0.6 is 0 Å². The van der Waals surface area contributed by atoms with Crippen molar-refractivity contribution in [2.75, 3.05) is 6.54 Å². The van der Waals surface area contributed by atoms with E-state index in [1.54, 1.807) is 6.07 Å². The van der Waals surface area contributed by atoms with Crippen molar-refractivity contribution in [2.24, 2.45) is 5.73 Å². The van der Waals surface area contributed by atoms with Crippen LogP contribution < -0.4 is 11.1 Å². The van der Waals surface area contributed by atoms with Crippen LogP contribution in [-0.4, -0.2) is 12.5 Å².